The Balaban J connectivity index is 1.71. The Kier molecular flexibility index (Phi) is 4.88. The van der Waals surface area contributed by atoms with Gasteiger partial charge < -0.3 is 15.0 Å². The van der Waals surface area contributed by atoms with Gasteiger partial charge in [0.05, 0.1) is 25.0 Å². The van der Waals surface area contributed by atoms with Gasteiger partial charge in [-0.1, -0.05) is 6.07 Å². The fourth-order valence-electron chi connectivity index (χ4n) is 3.07. The number of carbonyl (C=O) groups excluding carboxylic acids is 1. The van der Waals surface area contributed by atoms with E-state index >= 15 is 0 Å². The second-order valence-corrected chi connectivity index (χ2v) is 5.76. The van der Waals surface area contributed by atoms with E-state index in [2.05, 4.69) is 20.3 Å². The Morgan fingerprint density at radius 3 is 2.96 bits per heavy atom. The molecule has 0 spiro atoms. The summed E-state index contributed by atoms with van der Waals surface area (Å²) in [6.45, 7) is 3.07. The first-order valence-corrected chi connectivity index (χ1v) is 8.03. The van der Waals surface area contributed by atoms with Gasteiger partial charge in [0.1, 0.15) is 5.82 Å². The molecule has 0 radical (unpaired) electrons. The van der Waals surface area contributed by atoms with Crippen LogP contribution in [0.25, 0.3) is 0 Å². The highest BCUT2D eigenvalue weighted by Crippen LogP contribution is 2.36. The van der Waals surface area contributed by atoms with E-state index in [4.69, 9.17) is 4.74 Å². The summed E-state index contributed by atoms with van der Waals surface area (Å²) in [6.07, 6.45) is 7.30. The largest absolute Gasteiger partial charge is 0.477 e. The molecule has 0 aromatic carbocycles. The number of anilines is 1. The second kappa shape index (κ2) is 7.25. The first kappa shape index (κ1) is 16.2. The number of nitrogens with zero attached hydrogens (tertiary/aromatic N) is 4. The SMILES string of the molecule is CCOc1cncc(NC[C@@H]2CC(=O)N(C)[C@H]2c2cccnc2)n1. The third-order valence-electron chi connectivity index (χ3n) is 4.17. The van der Waals surface area contributed by atoms with E-state index in [1.165, 1.54) is 0 Å². The maximum atomic E-state index is 12.1. The predicted molar refractivity (Wildman–Crippen MR) is 89.5 cm³/mol. The summed E-state index contributed by atoms with van der Waals surface area (Å²) in [6, 6.07) is 3.92. The molecule has 7 heteroatoms. The number of carbonyl (C=O) groups is 1. The smallest absolute Gasteiger partial charge is 0.234 e. The highest BCUT2D eigenvalue weighted by atomic mass is 16.5. The third kappa shape index (κ3) is 3.45. The van der Waals surface area contributed by atoms with Gasteiger partial charge >= 0.3 is 0 Å². The molecule has 2 aromatic rings. The Labute approximate surface area is 141 Å². The molecule has 0 aliphatic carbocycles. The summed E-state index contributed by atoms with van der Waals surface area (Å²) >= 11 is 0. The van der Waals surface area contributed by atoms with Crippen LogP contribution in [0.2, 0.25) is 0 Å². The van der Waals surface area contributed by atoms with Gasteiger partial charge in [0.15, 0.2) is 0 Å². The molecule has 0 saturated carbocycles. The van der Waals surface area contributed by atoms with Crippen LogP contribution in [0.15, 0.2) is 36.9 Å². The summed E-state index contributed by atoms with van der Waals surface area (Å²) in [7, 11) is 1.84. The van der Waals surface area contributed by atoms with E-state index in [-0.39, 0.29) is 17.9 Å². The number of rotatable bonds is 6. The molecule has 2 atom stereocenters. The zero-order valence-corrected chi connectivity index (χ0v) is 13.8. The molecule has 1 amide bonds. The average molecular weight is 327 g/mol. The van der Waals surface area contributed by atoms with E-state index < -0.39 is 0 Å². The van der Waals surface area contributed by atoms with Crippen molar-refractivity contribution in [3.63, 3.8) is 0 Å². The molecule has 126 valence electrons. The first-order chi connectivity index (χ1) is 11.7. The van der Waals surface area contributed by atoms with Crippen LogP contribution in [-0.4, -0.2) is 46.0 Å². The van der Waals surface area contributed by atoms with Crippen molar-refractivity contribution in [2.24, 2.45) is 5.92 Å². The van der Waals surface area contributed by atoms with Crippen LogP contribution in [0.3, 0.4) is 0 Å². The molecule has 0 bridgehead atoms. The third-order valence-corrected chi connectivity index (χ3v) is 4.17. The van der Waals surface area contributed by atoms with Crippen molar-refractivity contribution in [2.45, 2.75) is 19.4 Å². The number of likely N-dealkylation sites (tertiary alicyclic amines) is 1. The molecule has 0 unspecified atom stereocenters. The number of hydrogen-bond acceptors (Lipinski definition) is 6. The number of hydrogen-bond donors (Lipinski definition) is 1. The molecule has 1 N–H and O–H groups in total. The molecule has 1 aliphatic heterocycles. The zero-order valence-electron chi connectivity index (χ0n) is 13.8. The Hall–Kier alpha value is -2.70. The number of ether oxygens (including phenoxy) is 1. The summed E-state index contributed by atoms with van der Waals surface area (Å²) in [5.41, 5.74) is 1.05. The monoisotopic (exact) mass is 327 g/mol. The minimum Gasteiger partial charge on any atom is -0.477 e. The highest BCUT2D eigenvalue weighted by molar-refractivity contribution is 5.79. The van der Waals surface area contributed by atoms with Crippen molar-refractivity contribution in [1.29, 1.82) is 0 Å². The van der Waals surface area contributed by atoms with E-state index in [9.17, 15) is 4.79 Å². The molecule has 3 heterocycles. The summed E-state index contributed by atoms with van der Waals surface area (Å²) in [5, 5.41) is 3.27. The van der Waals surface area contributed by atoms with Crippen LogP contribution in [0.4, 0.5) is 5.82 Å². The fraction of sp³-hybridized carbons (Fsp3) is 0.412. The standard InChI is InChI=1S/C17H21N5O2/c1-3-24-15-11-19-10-14(21-15)20-9-13-7-16(23)22(2)17(13)12-5-4-6-18-8-12/h4-6,8,10-11,13,17H,3,7,9H2,1-2H3,(H,20,21)/t13-,17-/m0/s1. The second-order valence-electron chi connectivity index (χ2n) is 5.76. The van der Waals surface area contributed by atoms with Crippen LogP contribution in [0, 0.1) is 5.92 Å². The minimum absolute atomic E-state index is 0.0155. The fourth-order valence-corrected chi connectivity index (χ4v) is 3.07. The van der Waals surface area contributed by atoms with Gasteiger partial charge in [-0.05, 0) is 18.6 Å². The van der Waals surface area contributed by atoms with Gasteiger partial charge in [-0.2, -0.15) is 4.98 Å². The van der Waals surface area contributed by atoms with Crippen LogP contribution < -0.4 is 10.1 Å². The maximum Gasteiger partial charge on any atom is 0.234 e. The van der Waals surface area contributed by atoms with Crippen LogP contribution >= 0.6 is 0 Å². The Bertz CT molecular complexity index is 694. The number of pyridine rings is 1. The molecular weight excluding hydrogens is 306 g/mol. The van der Waals surface area contributed by atoms with Gasteiger partial charge in [0, 0.05) is 38.3 Å². The Morgan fingerprint density at radius 1 is 1.33 bits per heavy atom. The van der Waals surface area contributed by atoms with Crippen molar-refractivity contribution in [1.82, 2.24) is 19.9 Å². The average Bonchev–Trinajstić information content (AvgIpc) is 2.89. The van der Waals surface area contributed by atoms with Crippen LogP contribution in [-0.2, 0) is 4.79 Å². The van der Waals surface area contributed by atoms with Crippen molar-refractivity contribution in [3.8, 4) is 5.88 Å². The number of nitrogens with one attached hydrogen (secondary N) is 1. The molecule has 7 nitrogen and oxygen atoms in total. The van der Waals surface area contributed by atoms with Gasteiger partial charge in [-0.25, -0.2) is 0 Å². The van der Waals surface area contributed by atoms with Crippen LogP contribution in [0.5, 0.6) is 5.88 Å². The van der Waals surface area contributed by atoms with Crippen molar-refractivity contribution < 1.29 is 9.53 Å². The maximum absolute atomic E-state index is 12.1. The van der Waals surface area contributed by atoms with Crippen molar-refractivity contribution >= 4 is 11.7 Å². The topological polar surface area (TPSA) is 80.2 Å². The lowest BCUT2D eigenvalue weighted by Gasteiger charge is -2.25. The number of amides is 1. The molecule has 1 fully saturated rings. The summed E-state index contributed by atoms with van der Waals surface area (Å²) in [4.78, 5) is 26.6. The van der Waals surface area contributed by atoms with Gasteiger partial charge in [-0.15, -0.1) is 0 Å². The molecule has 2 aromatic heterocycles. The molecule has 1 saturated heterocycles. The lowest BCUT2D eigenvalue weighted by atomic mass is 9.95. The molecule has 24 heavy (non-hydrogen) atoms. The highest BCUT2D eigenvalue weighted by Gasteiger charge is 2.38. The Morgan fingerprint density at radius 2 is 2.21 bits per heavy atom. The van der Waals surface area contributed by atoms with Gasteiger partial charge in [-0.3, -0.25) is 14.8 Å². The van der Waals surface area contributed by atoms with Crippen LogP contribution in [0.1, 0.15) is 24.9 Å². The molecule has 1 aliphatic rings. The first-order valence-electron chi connectivity index (χ1n) is 8.03. The zero-order chi connectivity index (χ0) is 16.9. The predicted octanol–water partition coefficient (Wildman–Crippen LogP) is 1.90. The lowest BCUT2D eigenvalue weighted by molar-refractivity contribution is -0.127. The molecule has 3 rings (SSSR count). The van der Waals surface area contributed by atoms with Crippen molar-refractivity contribution in [3.05, 3.63) is 42.5 Å². The van der Waals surface area contributed by atoms with E-state index in [0.717, 1.165) is 5.56 Å². The summed E-state index contributed by atoms with van der Waals surface area (Å²) < 4.78 is 5.36. The minimum atomic E-state index is 0.0155. The van der Waals surface area contributed by atoms with Gasteiger partial charge in [0.2, 0.25) is 11.8 Å². The molecular formula is C17H21N5O2. The van der Waals surface area contributed by atoms with Gasteiger partial charge in [0.25, 0.3) is 0 Å². The van der Waals surface area contributed by atoms with E-state index in [0.29, 0.717) is 31.3 Å². The van der Waals surface area contributed by atoms with Crippen molar-refractivity contribution in [2.75, 3.05) is 25.5 Å². The van der Waals surface area contributed by atoms with E-state index in [1.54, 1.807) is 23.5 Å². The normalized spacial score (nSPS) is 20.2. The number of aromatic nitrogens is 3. The summed E-state index contributed by atoms with van der Waals surface area (Å²) in [5.74, 6) is 1.42. The van der Waals surface area contributed by atoms with E-state index in [1.807, 2.05) is 32.3 Å². The lowest BCUT2D eigenvalue weighted by Crippen LogP contribution is -2.26. The quantitative estimate of drug-likeness (QED) is 0.873.